The minimum absolute atomic E-state index is 0.230. The van der Waals surface area contributed by atoms with Crippen molar-refractivity contribution in [1.29, 1.82) is 0 Å². The fourth-order valence-corrected chi connectivity index (χ4v) is 2.60. The average Bonchev–Trinajstić information content (AvgIpc) is 2.98. The van der Waals surface area contributed by atoms with Crippen molar-refractivity contribution in [3.63, 3.8) is 0 Å². The second-order valence-electron chi connectivity index (χ2n) is 5.86. The summed E-state index contributed by atoms with van der Waals surface area (Å²) in [6, 6.07) is 16.1. The van der Waals surface area contributed by atoms with Gasteiger partial charge in [0.15, 0.2) is 5.82 Å². The maximum atomic E-state index is 12.3. The molecule has 2 N–H and O–H groups in total. The van der Waals surface area contributed by atoms with E-state index < -0.39 is 0 Å². The van der Waals surface area contributed by atoms with E-state index in [2.05, 4.69) is 15.7 Å². The second-order valence-corrected chi connectivity index (χ2v) is 5.86. The van der Waals surface area contributed by atoms with Crippen molar-refractivity contribution in [2.24, 2.45) is 7.05 Å². The first-order valence-electron chi connectivity index (χ1n) is 8.46. The van der Waals surface area contributed by atoms with Crippen LogP contribution in [0.2, 0.25) is 0 Å². The summed E-state index contributed by atoms with van der Waals surface area (Å²) in [5, 5.41) is 9.79. The molecule has 0 spiro atoms. The number of carbonyl (C=O) groups is 1. The minimum Gasteiger partial charge on any atom is -0.497 e. The number of benzene rings is 2. The van der Waals surface area contributed by atoms with Crippen molar-refractivity contribution in [3.05, 3.63) is 65.1 Å². The lowest BCUT2D eigenvalue weighted by Gasteiger charge is -2.08. The number of methoxy groups -OCH3 is 1. The van der Waals surface area contributed by atoms with Crippen molar-refractivity contribution in [2.45, 2.75) is 6.54 Å². The molecular formula is C19H21N5O3. The average molecular weight is 367 g/mol. The highest BCUT2D eigenvalue weighted by Gasteiger charge is 2.12. The van der Waals surface area contributed by atoms with Gasteiger partial charge in [0.1, 0.15) is 5.75 Å². The Balaban J connectivity index is 1.57. The Morgan fingerprint density at radius 1 is 1.11 bits per heavy atom. The normalized spacial score (nSPS) is 10.4. The molecule has 0 fully saturated rings. The number of ether oxygens (including phenoxy) is 1. The van der Waals surface area contributed by atoms with Crippen molar-refractivity contribution < 1.29 is 9.53 Å². The summed E-state index contributed by atoms with van der Waals surface area (Å²) in [5.74, 6) is 1.30. The zero-order valence-corrected chi connectivity index (χ0v) is 15.2. The first kappa shape index (κ1) is 18.2. The molecule has 0 aliphatic rings. The summed E-state index contributed by atoms with van der Waals surface area (Å²) >= 11 is 0. The molecular weight excluding hydrogens is 346 g/mol. The van der Waals surface area contributed by atoms with Crippen LogP contribution in [0.1, 0.15) is 0 Å². The highest BCUT2D eigenvalue weighted by atomic mass is 16.5. The molecule has 1 heterocycles. The van der Waals surface area contributed by atoms with Crippen LogP contribution in [0.3, 0.4) is 0 Å². The fraction of sp³-hybridized carbons (Fsp3) is 0.211. The van der Waals surface area contributed by atoms with E-state index in [0.717, 1.165) is 5.56 Å². The number of aromatic nitrogens is 3. The molecule has 0 atom stereocenters. The highest BCUT2D eigenvalue weighted by molar-refractivity contribution is 5.89. The van der Waals surface area contributed by atoms with Crippen molar-refractivity contribution in [1.82, 2.24) is 19.7 Å². The first-order valence-corrected chi connectivity index (χ1v) is 8.46. The smallest absolute Gasteiger partial charge is 0.345 e. The number of carbonyl (C=O) groups excluding carboxylic acids is 1. The van der Waals surface area contributed by atoms with Crippen LogP contribution >= 0.6 is 0 Å². The first-order chi connectivity index (χ1) is 13.1. The maximum absolute atomic E-state index is 12.3. The van der Waals surface area contributed by atoms with Gasteiger partial charge < -0.3 is 15.4 Å². The van der Waals surface area contributed by atoms with Gasteiger partial charge in [0.2, 0.25) is 0 Å². The summed E-state index contributed by atoms with van der Waals surface area (Å²) in [6.07, 6.45) is 0. The third kappa shape index (κ3) is 4.35. The van der Waals surface area contributed by atoms with E-state index >= 15 is 0 Å². The van der Waals surface area contributed by atoms with E-state index in [9.17, 15) is 9.59 Å². The van der Waals surface area contributed by atoms with Crippen LogP contribution in [-0.2, 0) is 13.6 Å². The van der Waals surface area contributed by atoms with Gasteiger partial charge in [-0.15, -0.1) is 5.10 Å². The van der Waals surface area contributed by atoms with Gasteiger partial charge >= 0.3 is 11.7 Å². The lowest BCUT2D eigenvalue weighted by Crippen LogP contribution is -2.34. The predicted molar refractivity (Wildman–Crippen MR) is 103 cm³/mol. The van der Waals surface area contributed by atoms with Gasteiger partial charge in [-0.3, -0.25) is 4.57 Å². The van der Waals surface area contributed by atoms with Crippen LogP contribution in [0.5, 0.6) is 5.75 Å². The lowest BCUT2D eigenvalue weighted by molar-refractivity contribution is 0.251. The molecule has 1 aromatic heterocycles. The number of anilines is 1. The van der Waals surface area contributed by atoms with Gasteiger partial charge in [-0.25, -0.2) is 14.3 Å². The fourth-order valence-electron chi connectivity index (χ4n) is 2.60. The van der Waals surface area contributed by atoms with Gasteiger partial charge in [-0.05, 0) is 24.3 Å². The number of nitrogens with one attached hydrogen (secondary N) is 2. The number of hydrogen-bond donors (Lipinski definition) is 2. The second kappa shape index (κ2) is 8.22. The molecule has 8 nitrogen and oxygen atoms in total. The van der Waals surface area contributed by atoms with Crippen LogP contribution in [0.25, 0.3) is 11.4 Å². The molecule has 0 bridgehead atoms. The number of amides is 2. The van der Waals surface area contributed by atoms with Gasteiger partial charge in [0.25, 0.3) is 0 Å². The molecule has 2 aromatic carbocycles. The van der Waals surface area contributed by atoms with E-state index in [1.807, 2.05) is 30.3 Å². The predicted octanol–water partition coefficient (Wildman–Crippen LogP) is 2.08. The zero-order valence-electron chi connectivity index (χ0n) is 15.2. The van der Waals surface area contributed by atoms with E-state index in [4.69, 9.17) is 4.74 Å². The van der Waals surface area contributed by atoms with Gasteiger partial charge in [0.05, 0.1) is 13.7 Å². The number of nitrogens with zero attached hydrogens (tertiary/aromatic N) is 3. The Morgan fingerprint density at radius 3 is 2.48 bits per heavy atom. The van der Waals surface area contributed by atoms with Crippen molar-refractivity contribution in [3.8, 4) is 17.1 Å². The standard InChI is InChI=1S/C19H21N5O3/c1-23-17(14-6-4-3-5-7-14)22-24(19(23)26)13-12-20-18(25)21-15-8-10-16(27-2)11-9-15/h3-11H,12-13H2,1-2H3,(H2,20,21,25). The van der Waals surface area contributed by atoms with Crippen LogP contribution in [0.15, 0.2) is 59.4 Å². The van der Waals surface area contributed by atoms with Crippen LogP contribution in [-0.4, -0.2) is 34.0 Å². The Labute approximate surface area is 156 Å². The lowest BCUT2D eigenvalue weighted by atomic mass is 10.2. The van der Waals surface area contributed by atoms with Crippen LogP contribution in [0, 0.1) is 0 Å². The van der Waals surface area contributed by atoms with Crippen molar-refractivity contribution >= 4 is 11.7 Å². The number of rotatable bonds is 6. The van der Waals surface area contributed by atoms with E-state index in [0.29, 0.717) is 17.3 Å². The third-order valence-electron chi connectivity index (χ3n) is 4.03. The topological polar surface area (TPSA) is 90.2 Å². The monoisotopic (exact) mass is 367 g/mol. The van der Waals surface area contributed by atoms with Crippen LogP contribution in [0.4, 0.5) is 10.5 Å². The summed E-state index contributed by atoms with van der Waals surface area (Å²) < 4.78 is 7.91. The Kier molecular flexibility index (Phi) is 5.55. The molecule has 0 radical (unpaired) electrons. The SMILES string of the molecule is COc1ccc(NC(=O)NCCn2nc(-c3ccccc3)n(C)c2=O)cc1. The summed E-state index contributed by atoms with van der Waals surface area (Å²) in [4.78, 5) is 24.3. The molecule has 0 aliphatic heterocycles. The summed E-state index contributed by atoms with van der Waals surface area (Å²) in [7, 11) is 3.26. The summed E-state index contributed by atoms with van der Waals surface area (Å²) in [6.45, 7) is 0.544. The van der Waals surface area contributed by atoms with Crippen LogP contribution < -0.4 is 21.1 Å². The Hall–Kier alpha value is -3.55. The molecule has 0 saturated heterocycles. The van der Waals surface area contributed by atoms with Gasteiger partial charge in [0, 0.05) is 24.8 Å². The minimum atomic E-state index is -0.354. The molecule has 8 heteroatoms. The molecule has 0 unspecified atom stereocenters. The highest BCUT2D eigenvalue weighted by Crippen LogP contribution is 2.15. The zero-order chi connectivity index (χ0) is 19.2. The Bertz CT molecular complexity index is 961. The molecule has 27 heavy (non-hydrogen) atoms. The third-order valence-corrected chi connectivity index (χ3v) is 4.03. The van der Waals surface area contributed by atoms with E-state index in [1.165, 1.54) is 9.25 Å². The number of hydrogen-bond acceptors (Lipinski definition) is 4. The Morgan fingerprint density at radius 2 is 1.81 bits per heavy atom. The summed E-state index contributed by atoms with van der Waals surface area (Å²) in [5.41, 5.74) is 1.28. The van der Waals surface area contributed by atoms with E-state index in [1.54, 1.807) is 38.4 Å². The quantitative estimate of drug-likeness (QED) is 0.698. The molecule has 0 aliphatic carbocycles. The van der Waals surface area contributed by atoms with E-state index in [-0.39, 0.29) is 24.8 Å². The van der Waals surface area contributed by atoms with Gasteiger partial charge in [-0.1, -0.05) is 30.3 Å². The molecule has 0 saturated carbocycles. The van der Waals surface area contributed by atoms with Gasteiger partial charge in [-0.2, -0.15) is 0 Å². The molecule has 3 rings (SSSR count). The maximum Gasteiger partial charge on any atom is 0.345 e. The van der Waals surface area contributed by atoms with Crippen molar-refractivity contribution in [2.75, 3.05) is 19.0 Å². The number of urea groups is 1. The largest absolute Gasteiger partial charge is 0.497 e. The molecule has 2 amide bonds. The molecule has 3 aromatic rings. The molecule has 140 valence electrons.